The van der Waals surface area contributed by atoms with Crippen molar-refractivity contribution in [1.29, 1.82) is 0 Å². The lowest BCUT2D eigenvalue weighted by Crippen LogP contribution is -1.91. The fourth-order valence-corrected chi connectivity index (χ4v) is 1.58. The molecule has 0 N–H and O–H groups in total. The first-order chi connectivity index (χ1) is 6.91. The third-order valence-electron chi connectivity index (χ3n) is 2.21. The zero-order chi connectivity index (χ0) is 10.5. The summed E-state index contributed by atoms with van der Waals surface area (Å²) in [6.45, 7) is 1.10. The van der Waals surface area contributed by atoms with Gasteiger partial charge in [0.15, 0.2) is 0 Å². The monoisotopic (exact) mass is 220 g/mol. The molecule has 0 unspecified atom stereocenters. The number of halogens is 1. The van der Waals surface area contributed by atoms with Crippen LogP contribution in [0.15, 0.2) is 0 Å². The number of hydrogen-bond donors (Lipinski definition) is 0. The van der Waals surface area contributed by atoms with Crippen LogP contribution in [-0.4, -0.2) is 19.0 Å². The lowest BCUT2D eigenvalue weighted by molar-refractivity contribution is -0.128. The van der Waals surface area contributed by atoms with Gasteiger partial charge in [-0.2, -0.15) is 0 Å². The van der Waals surface area contributed by atoms with Crippen LogP contribution in [0.1, 0.15) is 51.4 Å². The van der Waals surface area contributed by atoms with Crippen LogP contribution in [0.3, 0.4) is 0 Å². The molecule has 0 atom stereocenters. The van der Waals surface area contributed by atoms with Crippen molar-refractivity contribution >= 4 is 18.1 Å². The van der Waals surface area contributed by atoms with Crippen molar-refractivity contribution in [2.45, 2.75) is 51.4 Å². The molecule has 0 spiro atoms. The summed E-state index contributed by atoms with van der Waals surface area (Å²) in [4.78, 5) is 9.81. The zero-order valence-corrected chi connectivity index (χ0v) is 9.60. The van der Waals surface area contributed by atoms with Crippen LogP contribution >= 0.6 is 11.6 Å². The topological polar surface area (TPSA) is 26.3 Å². The number of rotatable bonds is 11. The predicted molar refractivity (Wildman–Crippen MR) is 59.7 cm³/mol. The molecular formula is C11H21ClO2. The Balaban J connectivity index is 2.81. The average Bonchev–Trinajstić information content (AvgIpc) is 2.21. The molecule has 0 radical (unpaired) electrons. The van der Waals surface area contributed by atoms with Gasteiger partial charge in [-0.1, -0.05) is 38.5 Å². The quantitative estimate of drug-likeness (QED) is 0.303. The minimum Gasteiger partial charge on any atom is -0.468 e. The highest BCUT2D eigenvalue weighted by Crippen LogP contribution is 2.08. The van der Waals surface area contributed by atoms with Crippen molar-refractivity contribution in [2.75, 3.05) is 12.5 Å². The van der Waals surface area contributed by atoms with E-state index in [1.54, 1.807) is 0 Å². The van der Waals surface area contributed by atoms with Gasteiger partial charge in [0.25, 0.3) is 6.47 Å². The van der Waals surface area contributed by atoms with Gasteiger partial charge in [0.2, 0.25) is 0 Å². The van der Waals surface area contributed by atoms with E-state index in [4.69, 9.17) is 11.6 Å². The summed E-state index contributed by atoms with van der Waals surface area (Å²) < 4.78 is 4.60. The van der Waals surface area contributed by atoms with E-state index < -0.39 is 0 Å². The first kappa shape index (κ1) is 13.8. The second-order valence-electron chi connectivity index (χ2n) is 3.48. The van der Waals surface area contributed by atoms with Crippen LogP contribution in [-0.2, 0) is 9.53 Å². The van der Waals surface area contributed by atoms with Crippen molar-refractivity contribution in [3.05, 3.63) is 0 Å². The molecule has 3 heteroatoms. The zero-order valence-electron chi connectivity index (χ0n) is 8.84. The van der Waals surface area contributed by atoms with E-state index in [1.165, 1.54) is 38.5 Å². The Labute approximate surface area is 92.0 Å². The number of carbonyl (C=O) groups excluding carboxylic acids is 1. The highest BCUT2D eigenvalue weighted by atomic mass is 35.5. The van der Waals surface area contributed by atoms with Crippen LogP contribution in [0.2, 0.25) is 0 Å². The molecule has 0 fully saturated rings. The smallest absolute Gasteiger partial charge is 0.293 e. The first-order valence-corrected chi connectivity index (χ1v) is 6.06. The predicted octanol–water partition coefficient (Wildman–Crippen LogP) is 3.52. The third kappa shape index (κ3) is 11.8. The Morgan fingerprint density at radius 3 is 1.86 bits per heavy atom. The summed E-state index contributed by atoms with van der Waals surface area (Å²) in [5.74, 6) is 0.795. The highest BCUT2D eigenvalue weighted by Gasteiger charge is 1.92. The number of unbranched alkanes of at least 4 members (excludes halogenated alkanes) is 7. The maximum Gasteiger partial charge on any atom is 0.293 e. The summed E-state index contributed by atoms with van der Waals surface area (Å²) in [6.07, 6.45) is 9.74. The van der Waals surface area contributed by atoms with Gasteiger partial charge in [-0.05, 0) is 12.8 Å². The Hall–Kier alpha value is -0.240. The number of alkyl halides is 1. The molecule has 0 aliphatic rings. The molecule has 0 aliphatic heterocycles. The molecule has 14 heavy (non-hydrogen) atoms. The average molecular weight is 221 g/mol. The van der Waals surface area contributed by atoms with E-state index in [0.717, 1.165) is 18.7 Å². The van der Waals surface area contributed by atoms with Gasteiger partial charge in [0, 0.05) is 5.88 Å². The van der Waals surface area contributed by atoms with Crippen LogP contribution in [0, 0.1) is 0 Å². The lowest BCUT2D eigenvalue weighted by Gasteiger charge is -2.00. The Morgan fingerprint density at radius 2 is 1.36 bits per heavy atom. The number of carbonyl (C=O) groups is 1. The molecule has 84 valence electrons. The van der Waals surface area contributed by atoms with Crippen molar-refractivity contribution in [3.63, 3.8) is 0 Å². The molecule has 0 aromatic carbocycles. The van der Waals surface area contributed by atoms with Crippen molar-refractivity contribution < 1.29 is 9.53 Å². The molecule has 0 amide bonds. The lowest BCUT2D eigenvalue weighted by atomic mass is 10.1. The van der Waals surface area contributed by atoms with Gasteiger partial charge in [-0.25, -0.2) is 0 Å². The Bertz CT molecular complexity index is 118. The van der Waals surface area contributed by atoms with Gasteiger partial charge < -0.3 is 4.74 Å². The van der Waals surface area contributed by atoms with E-state index >= 15 is 0 Å². The molecule has 2 nitrogen and oxygen atoms in total. The van der Waals surface area contributed by atoms with E-state index in [0.29, 0.717) is 13.1 Å². The van der Waals surface area contributed by atoms with Gasteiger partial charge in [-0.15, -0.1) is 11.6 Å². The first-order valence-electron chi connectivity index (χ1n) is 5.53. The van der Waals surface area contributed by atoms with Gasteiger partial charge in [0.1, 0.15) is 0 Å². The summed E-state index contributed by atoms with van der Waals surface area (Å²) >= 11 is 5.57. The summed E-state index contributed by atoms with van der Waals surface area (Å²) in [6, 6.07) is 0. The van der Waals surface area contributed by atoms with Crippen LogP contribution in [0.5, 0.6) is 0 Å². The van der Waals surface area contributed by atoms with Gasteiger partial charge >= 0.3 is 0 Å². The molecule has 0 aliphatic carbocycles. The summed E-state index contributed by atoms with van der Waals surface area (Å²) in [7, 11) is 0. The molecule has 0 saturated carbocycles. The highest BCUT2D eigenvalue weighted by molar-refractivity contribution is 6.17. The fourth-order valence-electron chi connectivity index (χ4n) is 1.39. The number of ether oxygens (including phenoxy) is 1. The van der Waals surface area contributed by atoms with Crippen molar-refractivity contribution in [3.8, 4) is 0 Å². The molecule has 0 aromatic heterocycles. The van der Waals surface area contributed by atoms with E-state index in [1.807, 2.05) is 0 Å². The summed E-state index contributed by atoms with van der Waals surface area (Å²) in [5.41, 5.74) is 0. The minimum atomic E-state index is 0.520. The molecule has 0 rings (SSSR count). The van der Waals surface area contributed by atoms with Crippen LogP contribution in [0.4, 0.5) is 0 Å². The minimum absolute atomic E-state index is 0.520. The van der Waals surface area contributed by atoms with Crippen LogP contribution < -0.4 is 0 Å². The normalized spacial score (nSPS) is 10.1. The molecule has 0 heterocycles. The summed E-state index contributed by atoms with van der Waals surface area (Å²) in [5, 5.41) is 0. The van der Waals surface area contributed by atoms with Crippen molar-refractivity contribution in [2.24, 2.45) is 0 Å². The van der Waals surface area contributed by atoms with Crippen LogP contribution in [0.25, 0.3) is 0 Å². The largest absolute Gasteiger partial charge is 0.468 e. The second-order valence-corrected chi connectivity index (χ2v) is 3.86. The van der Waals surface area contributed by atoms with Crippen molar-refractivity contribution in [1.82, 2.24) is 0 Å². The maximum absolute atomic E-state index is 9.81. The standard InChI is InChI=1S/C11H21ClO2/c12-9-7-5-3-1-2-4-6-8-10-14-11-13/h11H,1-10H2. The number of hydrogen-bond acceptors (Lipinski definition) is 2. The molecule has 0 aromatic rings. The van der Waals surface area contributed by atoms with E-state index in [-0.39, 0.29) is 0 Å². The molecular weight excluding hydrogens is 200 g/mol. The van der Waals surface area contributed by atoms with E-state index in [9.17, 15) is 4.79 Å². The molecule has 0 saturated heterocycles. The van der Waals surface area contributed by atoms with E-state index in [2.05, 4.69) is 4.74 Å². The third-order valence-corrected chi connectivity index (χ3v) is 2.48. The maximum atomic E-state index is 9.81. The SMILES string of the molecule is O=COCCCCCCCCCCCl. The van der Waals surface area contributed by atoms with Gasteiger partial charge in [-0.3, -0.25) is 4.79 Å². The van der Waals surface area contributed by atoms with Gasteiger partial charge in [0.05, 0.1) is 6.61 Å². The Kier molecular flexibility index (Phi) is 12.5. The second kappa shape index (κ2) is 12.8. The fraction of sp³-hybridized carbons (Fsp3) is 0.909. The molecule has 0 bridgehead atoms. The Morgan fingerprint density at radius 1 is 0.857 bits per heavy atom.